The molecule has 24 heavy (non-hydrogen) atoms. The van der Waals surface area contributed by atoms with Gasteiger partial charge >= 0.3 is 0 Å². The van der Waals surface area contributed by atoms with Crippen molar-refractivity contribution in [2.24, 2.45) is 5.92 Å². The normalized spacial score (nSPS) is 21.5. The van der Waals surface area contributed by atoms with Gasteiger partial charge in [0.2, 0.25) is 5.88 Å². The van der Waals surface area contributed by atoms with Gasteiger partial charge in [-0.2, -0.15) is 0 Å². The summed E-state index contributed by atoms with van der Waals surface area (Å²) in [6.45, 7) is 1.37. The minimum Gasteiger partial charge on any atom is -0.472 e. The summed E-state index contributed by atoms with van der Waals surface area (Å²) >= 11 is 0. The van der Waals surface area contributed by atoms with Gasteiger partial charge in [-0.25, -0.2) is 9.37 Å². The highest BCUT2D eigenvalue weighted by Crippen LogP contribution is 2.42. The van der Waals surface area contributed by atoms with E-state index in [0.29, 0.717) is 18.4 Å². The maximum absolute atomic E-state index is 13.5. The molecular weight excluding hydrogens is 309 g/mol. The second kappa shape index (κ2) is 6.73. The average molecular weight is 329 g/mol. The minimum absolute atomic E-state index is 0.0602. The van der Waals surface area contributed by atoms with E-state index in [1.165, 1.54) is 6.20 Å². The molecule has 2 atom stereocenters. The number of hydrogen-bond acceptors (Lipinski definition) is 5. The van der Waals surface area contributed by atoms with Crippen molar-refractivity contribution >= 4 is 5.69 Å². The Morgan fingerprint density at radius 1 is 1.21 bits per heavy atom. The van der Waals surface area contributed by atoms with Crippen LogP contribution in [0.4, 0.5) is 10.1 Å². The smallest absolute Gasteiger partial charge is 0.213 e. The van der Waals surface area contributed by atoms with Crippen molar-refractivity contribution < 1.29 is 13.9 Å². The first kappa shape index (κ1) is 15.3. The van der Waals surface area contributed by atoms with Crippen molar-refractivity contribution in [2.45, 2.75) is 31.4 Å². The van der Waals surface area contributed by atoms with Gasteiger partial charge in [-0.1, -0.05) is 0 Å². The summed E-state index contributed by atoms with van der Waals surface area (Å²) < 4.78 is 24.5. The average Bonchev–Trinajstić information content (AvgIpc) is 3.31. The molecule has 1 saturated heterocycles. The zero-order valence-electron chi connectivity index (χ0n) is 13.3. The summed E-state index contributed by atoms with van der Waals surface area (Å²) in [7, 11) is 0. The summed E-state index contributed by atoms with van der Waals surface area (Å²) in [5.74, 6) is 0.812. The number of aromatic nitrogens is 2. The van der Waals surface area contributed by atoms with Gasteiger partial charge in [0.25, 0.3) is 0 Å². The second-order valence-corrected chi connectivity index (χ2v) is 6.38. The van der Waals surface area contributed by atoms with Gasteiger partial charge in [0, 0.05) is 18.7 Å². The van der Waals surface area contributed by atoms with Gasteiger partial charge in [-0.05, 0) is 36.5 Å². The molecule has 1 aliphatic carbocycles. The molecule has 0 amide bonds. The Bertz CT molecular complexity index is 685. The first-order chi connectivity index (χ1) is 11.8. The monoisotopic (exact) mass is 329 g/mol. The van der Waals surface area contributed by atoms with Crippen LogP contribution < -0.4 is 10.1 Å². The van der Waals surface area contributed by atoms with E-state index in [-0.39, 0.29) is 18.0 Å². The summed E-state index contributed by atoms with van der Waals surface area (Å²) in [4.78, 5) is 8.32. The van der Waals surface area contributed by atoms with E-state index < -0.39 is 0 Å². The van der Waals surface area contributed by atoms with Crippen molar-refractivity contribution in [3.8, 4) is 5.88 Å². The molecule has 1 saturated carbocycles. The van der Waals surface area contributed by atoms with Crippen LogP contribution in [0.25, 0.3) is 0 Å². The van der Waals surface area contributed by atoms with Crippen LogP contribution in [0.3, 0.4) is 0 Å². The molecule has 2 aromatic heterocycles. The third kappa shape index (κ3) is 3.64. The quantitative estimate of drug-likeness (QED) is 0.881. The molecule has 1 N–H and O–H groups in total. The SMILES string of the molecule is Fc1cncc(C(Nc2ccc(OC3CCOC3)nc2)C2CC2)c1. The lowest BCUT2D eigenvalue weighted by Crippen LogP contribution is -2.17. The number of nitrogens with zero attached hydrogens (tertiary/aromatic N) is 2. The van der Waals surface area contributed by atoms with Crippen molar-refractivity contribution in [3.63, 3.8) is 0 Å². The van der Waals surface area contributed by atoms with Crippen LogP contribution in [0.15, 0.2) is 36.8 Å². The van der Waals surface area contributed by atoms with E-state index in [1.54, 1.807) is 18.5 Å². The van der Waals surface area contributed by atoms with Gasteiger partial charge < -0.3 is 14.8 Å². The maximum atomic E-state index is 13.5. The highest BCUT2D eigenvalue weighted by molar-refractivity contribution is 5.45. The largest absolute Gasteiger partial charge is 0.472 e. The molecule has 0 bridgehead atoms. The lowest BCUT2D eigenvalue weighted by molar-refractivity contribution is 0.138. The third-order valence-electron chi connectivity index (χ3n) is 4.41. The fourth-order valence-electron chi connectivity index (χ4n) is 2.99. The van der Waals surface area contributed by atoms with E-state index in [4.69, 9.17) is 9.47 Å². The molecule has 0 aromatic carbocycles. The molecule has 5 nitrogen and oxygen atoms in total. The molecule has 6 heteroatoms. The number of nitrogens with one attached hydrogen (secondary N) is 1. The first-order valence-corrected chi connectivity index (χ1v) is 8.35. The molecule has 0 spiro atoms. The number of hydrogen-bond donors (Lipinski definition) is 1. The second-order valence-electron chi connectivity index (χ2n) is 6.38. The van der Waals surface area contributed by atoms with Crippen LogP contribution in [0.2, 0.25) is 0 Å². The standard InChI is InChI=1S/C18H20FN3O2/c19-14-7-13(8-20-9-14)18(12-1-2-12)22-15-3-4-17(21-10-15)24-16-5-6-23-11-16/h3-4,7-10,12,16,18,22H,1-2,5-6,11H2. The van der Waals surface area contributed by atoms with E-state index in [9.17, 15) is 4.39 Å². The van der Waals surface area contributed by atoms with Gasteiger partial charge in [0.15, 0.2) is 0 Å². The number of ether oxygens (including phenoxy) is 2. The van der Waals surface area contributed by atoms with Gasteiger partial charge in [-0.15, -0.1) is 0 Å². The fourth-order valence-corrected chi connectivity index (χ4v) is 2.99. The Morgan fingerprint density at radius 3 is 2.79 bits per heavy atom. The zero-order chi connectivity index (χ0) is 16.4. The van der Waals surface area contributed by atoms with Gasteiger partial charge in [0.05, 0.1) is 37.3 Å². The first-order valence-electron chi connectivity index (χ1n) is 8.35. The molecule has 2 aromatic rings. The van der Waals surface area contributed by atoms with E-state index in [1.807, 2.05) is 12.1 Å². The highest BCUT2D eigenvalue weighted by Gasteiger charge is 2.32. The molecule has 2 unspecified atom stereocenters. The highest BCUT2D eigenvalue weighted by atomic mass is 19.1. The molecule has 126 valence electrons. The van der Waals surface area contributed by atoms with Gasteiger partial charge in [0.1, 0.15) is 11.9 Å². The van der Waals surface area contributed by atoms with E-state index >= 15 is 0 Å². The number of rotatable bonds is 6. The maximum Gasteiger partial charge on any atom is 0.213 e. The minimum atomic E-state index is -0.305. The van der Waals surface area contributed by atoms with Crippen molar-refractivity contribution in [2.75, 3.05) is 18.5 Å². The van der Waals surface area contributed by atoms with Crippen LogP contribution in [-0.4, -0.2) is 29.3 Å². The predicted octanol–water partition coefficient (Wildman–Crippen LogP) is 3.35. The summed E-state index contributed by atoms with van der Waals surface area (Å²) in [6.07, 6.45) is 7.99. The topological polar surface area (TPSA) is 56.3 Å². The van der Waals surface area contributed by atoms with Crippen molar-refractivity contribution in [1.82, 2.24) is 9.97 Å². The molecule has 2 fully saturated rings. The van der Waals surface area contributed by atoms with Crippen molar-refractivity contribution in [3.05, 3.63) is 48.2 Å². The Balaban J connectivity index is 1.44. The Labute approximate surface area is 140 Å². The summed E-state index contributed by atoms with van der Waals surface area (Å²) in [5.41, 5.74) is 1.77. The third-order valence-corrected chi connectivity index (χ3v) is 4.41. The van der Waals surface area contributed by atoms with E-state index in [2.05, 4.69) is 15.3 Å². The van der Waals surface area contributed by atoms with Gasteiger partial charge in [-0.3, -0.25) is 4.98 Å². The molecule has 3 heterocycles. The van der Waals surface area contributed by atoms with Crippen molar-refractivity contribution in [1.29, 1.82) is 0 Å². The summed E-state index contributed by atoms with van der Waals surface area (Å²) in [5, 5.41) is 3.46. The Kier molecular flexibility index (Phi) is 4.30. The lowest BCUT2D eigenvalue weighted by atomic mass is 10.0. The number of halogens is 1. The van der Waals surface area contributed by atoms with Crippen LogP contribution >= 0.6 is 0 Å². The molecule has 2 aliphatic rings. The number of pyridine rings is 2. The molecule has 4 rings (SSSR count). The van der Waals surface area contributed by atoms with Crippen LogP contribution in [0.1, 0.15) is 30.9 Å². The van der Waals surface area contributed by atoms with E-state index in [0.717, 1.165) is 37.1 Å². The molecule has 1 aliphatic heterocycles. The molecular formula is C18H20FN3O2. The predicted molar refractivity (Wildman–Crippen MR) is 87.4 cm³/mol. The lowest BCUT2D eigenvalue weighted by Gasteiger charge is -2.20. The van der Waals surface area contributed by atoms with Crippen LogP contribution in [0.5, 0.6) is 5.88 Å². The number of anilines is 1. The zero-order valence-corrected chi connectivity index (χ0v) is 13.3. The molecule has 0 radical (unpaired) electrons. The van der Waals surface area contributed by atoms with Crippen LogP contribution in [-0.2, 0) is 4.74 Å². The fraction of sp³-hybridized carbons (Fsp3) is 0.444. The Hall–Kier alpha value is -2.21. The Morgan fingerprint density at radius 2 is 2.12 bits per heavy atom. The summed E-state index contributed by atoms with van der Waals surface area (Å²) in [6, 6.07) is 5.41. The van der Waals surface area contributed by atoms with Crippen LogP contribution in [0, 0.1) is 11.7 Å².